The number of carbonyl (C=O) groups is 1. The molecule has 1 atom stereocenters. The van der Waals surface area contributed by atoms with Gasteiger partial charge in [-0.25, -0.2) is 0 Å². The van der Waals surface area contributed by atoms with Crippen LogP contribution in [0.4, 0.5) is 0 Å². The topological polar surface area (TPSA) is 32.3 Å². The molecular formula is C14H26N2O. The fourth-order valence-electron chi connectivity index (χ4n) is 3.50. The normalized spacial score (nSPS) is 32.1. The molecule has 2 rings (SSSR count). The van der Waals surface area contributed by atoms with Crippen molar-refractivity contribution in [1.82, 2.24) is 10.2 Å². The third-order valence-electron chi connectivity index (χ3n) is 4.57. The number of nitrogens with one attached hydrogen (secondary N) is 1. The first kappa shape index (κ1) is 12.9. The predicted octanol–water partition coefficient (Wildman–Crippen LogP) is 2.17. The average Bonchev–Trinajstić information content (AvgIpc) is 2.85. The minimum absolute atomic E-state index is 0.0699. The molecule has 0 spiro atoms. The van der Waals surface area contributed by atoms with E-state index in [0.29, 0.717) is 5.91 Å². The van der Waals surface area contributed by atoms with Gasteiger partial charge in [0.15, 0.2) is 0 Å². The van der Waals surface area contributed by atoms with Crippen LogP contribution in [0.3, 0.4) is 0 Å². The molecule has 98 valence electrons. The number of hydrogen-bond acceptors (Lipinski definition) is 2. The summed E-state index contributed by atoms with van der Waals surface area (Å²) in [6.45, 7) is 9.44. The molecule has 2 aliphatic rings. The molecule has 1 N–H and O–H groups in total. The monoisotopic (exact) mass is 238 g/mol. The van der Waals surface area contributed by atoms with Crippen LogP contribution in [-0.2, 0) is 4.79 Å². The van der Waals surface area contributed by atoms with E-state index in [9.17, 15) is 4.79 Å². The van der Waals surface area contributed by atoms with Gasteiger partial charge in [0, 0.05) is 18.6 Å². The van der Waals surface area contributed by atoms with Gasteiger partial charge in [0.2, 0.25) is 5.91 Å². The van der Waals surface area contributed by atoms with Gasteiger partial charge in [0.1, 0.15) is 0 Å². The molecule has 0 radical (unpaired) electrons. The average molecular weight is 238 g/mol. The second-order valence-electron chi connectivity index (χ2n) is 6.33. The zero-order chi connectivity index (χ0) is 12.5. The Bertz CT molecular complexity index is 293. The van der Waals surface area contributed by atoms with E-state index in [1.54, 1.807) is 0 Å². The van der Waals surface area contributed by atoms with E-state index in [1.165, 1.54) is 0 Å². The fraction of sp³-hybridized carbons (Fsp3) is 0.929. The summed E-state index contributed by atoms with van der Waals surface area (Å²) in [5.41, 5.74) is -0.0310. The quantitative estimate of drug-likeness (QED) is 0.817. The molecule has 0 aromatic heterocycles. The van der Waals surface area contributed by atoms with Crippen molar-refractivity contribution >= 4 is 5.91 Å². The molecule has 0 saturated carbocycles. The van der Waals surface area contributed by atoms with Gasteiger partial charge >= 0.3 is 0 Å². The fourth-order valence-corrected chi connectivity index (χ4v) is 3.50. The maximum absolute atomic E-state index is 12.9. The Morgan fingerprint density at radius 3 is 2.59 bits per heavy atom. The highest BCUT2D eigenvalue weighted by Crippen LogP contribution is 2.38. The molecule has 3 heteroatoms. The van der Waals surface area contributed by atoms with Crippen molar-refractivity contribution in [2.24, 2.45) is 5.41 Å². The van der Waals surface area contributed by atoms with Crippen LogP contribution in [0.25, 0.3) is 0 Å². The van der Waals surface area contributed by atoms with Gasteiger partial charge in [-0.1, -0.05) is 13.3 Å². The summed E-state index contributed by atoms with van der Waals surface area (Å²) in [4.78, 5) is 15.0. The van der Waals surface area contributed by atoms with Crippen molar-refractivity contribution in [3.63, 3.8) is 0 Å². The smallest absolute Gasteiger partial charge is 0.230 e. The van der Waals surface area contributed by atoms with Crippen molar-refractivity contribution in [2.75, 3.05) is 19.6 Å². The Labute approximate surface area is 105 Å². The number of amides is 1. The number of carbonyl (C=O) groups excluding carboxylic acids is 1. The second kappa shape index (κ2) is 4.60. The number of nitrogens with zero attached hydrogens (tertiary/aromatic N) is 1. The van der Waals surface area contributed by atoms with Crippen molar-refractivity contribution in [3.8, 4) is 0 Å². The van der Waals surface area contributed by atoms with Crippen molar-refractivity contribution in [1.29, 1.82) is 0 Å². The van der Waals surface area contributed by atoms with E-state index in [0.717, 1.165) is 51.7 Å². The van der Waals surface area contributed by atoms with E-state index in [2.05, 4.69) is 31.0 Å². The van der Waals surface area contributed by atoms with Crippen molar-refractivity contribution < 1.29 is 4.79 Å². The van der Waals surface area contributed by atoms with E-state index in [-0.39, 0.29) is 11.0 Å². The molecule has 1 unspecified atom stereocenters. The van der Waals surface area contributed by atoms with E-state index in [4.69, 9.17) is 0 Å². The van der Waals surface area contributed by atoms with Gasteiger partial charge in [-0.2, -0.15) is 0 Å². The van der Waals surface area contributed by atoms with Crippen LogP contribution in [-0.4, -0.2) is 36.0 Å². The molecule has 2 aliphatic heterocycles. The van der Waals surface area contributed by atoms with Gasteiger partial charge in [-0.05, 0) is 46.1 Å². The molecule has 0 aromatic carbocycles. The van der Waals surface area contributed by atoms with Crippen LogP contribution < -0.4 is 5.32 Å². The third-order valence-corrected chi connectivity index (χ3v) is 4.57. The van der Waals surface area contributed by atoms with Gasteiger partial charge in [-0.3, -0.25) is 4.79 Å². The molecule has 0 aromatic rings. The van der Waals surface area contributed by atoms with E-state index >= 15 is 0 Å². The van der Waals surface area contributed by atoms with Gasteiger partial charge < -0.3 is 10.2 Å². The van der Waals surface area contributed by atoms with Crippen LogP contribution in [0.1, 0.15) is 52.9 Å². The molecule has 2 fully saturated rings. The standard InChI is InChI=1S/C14H26N2O/c1-4-6-14(8-9-15-11-14)12(17)16-10-5-7-13(16,2)3/h15H,4-11H2,1-3H3. The molecule has 3 nitrogen and oxygen atoms in total. The summed E-state index contributed by atoms with van der Waals surface area (Å²) in [6.07, 6.45) is 5.46. The highest BCUT2D eigenvalue weighted by molar-refractivity contribution is 5.84. The first-order valence-electron chi connectivity index (χ1n) is 7.05. The highest BCUT2D eigenvalue weighted by Gasteiger charge is 2.47. The maximum atomic E-state index is 12.9. The second-order valence-corrected chi connectivity index (χ2v) is 6.33. The molecule has 1 amide bonds. The Kier molecular flexibility index (Phi) is 3.48. The molecule has 2 saturated heterocycles. The van der Waals surface area contributed by atoms with Crippen molar-refractivity contribution in [3.05, 3.63) is 0 Å². The first-order valence-corrected chi connectivity index (χ1v) is 7.05. The Hall–Kier alpha value is -0.570. The summed E-state index contributed by atoms with van der Waals surface area (Å²) in [7, 11) is 0. The molecule has 2 heterocycles. The summed E-state index contributed by atoms with van der Waals surface area (Å²) >= 11 is 0. The lowest BCUT2D eigenvalue weighted by molar-refractivity contribution is -0.145. The van der Waals surface area contributed by atoms with Gasteiger partial charge in [0.25, 0.3) is 0 Å². The number of rotatable bonds is 3. The number of hydrogen-bond donors (Lipinski definition) is 1. The Balaban J connectivity index is 2.17. The van der Waals surface area contributed by atoms with Gasteiger partial charge in [-0.15, -0.1) is 0 Å². The minimum atomic E-state index is -0.101. The zero-order valence-corrected chi connectivity index (χ0v) is 11.5. The summed E-state index contributed by atoms with van der Waals surface area (Å²) in [6, 6.07) is 0. The third kappa shape index (κ3) is 2.22. The van der Waals surface area contributed by atoms with Crippen LogP contribution in [0, 0.1) is 5.41 Å². The molecular weight excluding hydrogens is 212 g/mol. The first-order chi connectivity index (χ1) is 8.02. The SMILES string of the molecule is CCCC1(C(=O)N2CCCC2(C)C)CCNC1. The maximum Gasteiger partial charge on any atom is 0.230 e. The largest absolute Gasteiger partial charge is 0.337 e. The Morgan fingerprint density at radius 2 is 2.12 bits per heavy atom. The lowest BCUT2D eigenvalue weighted by Gasteiger charge is -2.39. The molecule has 17 heavy (non-hydrogen) atoms. The minimum Gasteiger partial charge on any atom is -0.337 e. The lowest BCUT2D eigenvalue weighted by Crippen LogP contribution is -2.51. The Morgan fingerprint density at radius 1 is 1.35 bits per heavy atom. The van der Waals surface area contributed by atoms with Gasteiger partial charge in [0.05, 0.1) is 5.41 Å². The van der Waals surface area contributed by atoms with E-state index < -0.39 is 0 Å². The zero-order valence-electron chi connectivity index (χ0n) is 11.5. The summed E-state index contributed by atoms with van der Waals surface area (Å²) in [5, 5.41) is 3.38. The lowest BCUT2D eigenvalue weighted by atomic mass is 9.80. The summed E-state index contributed by atoms with van der Waals surface area (Å²) in [5.74, 6) is 0.409. The van der Waals surface area contributed by atoms with Crippen LogP contribution in [0.5, 0.6) is 0 Å². The number of likely N-dealkylation sites (tertiary alicyclic amines) is 1. The van der Waals surface area contributed by atoms with Crippen LogP contribution in [0.15, 0.2) is 0 Å². The molecule has 0 aliphatic carbocycles. The highest BCUT2D eigenvalue weighted by atomic mass is 16.2. The summed E-state index contributed by atoms with van der Waals surface area (Å²) < 4.78 is 0. The van der Waals surface area contributed by atoms with Crippen LogP contribution >= 0.6 is 0 Å². The predicted molar refractivity (Wildman–Crippen MR) is 69.9 cm³/mol. The molecule has 0 bridgehead atoms. The van der Waals surface area contributed by atoms with E-state index in [1.807, 2.05) is 0 Å². The van der Waals surface area contributed by atoms with Crippen molar-refractivity contribution in [2.45, 2.75) is 58.4 Å². The van der Waals surface area contributed by atoms with Crippen LogP contribution in [0.2, 0.25) is 0 Å².